The van der Waals surface area contributed by atoms with Crippen LogP contribution in [-0.4, -0.2) is 26.0 Å². The standard InChI is InChI=1S/C26H28FN5OS/c1-15-6-22-23(31-32(30-22)20-4-2-19(27)3-5-20)10-21(15)28-25(34)29-24(33)14-26-11-16-7-17(12-26)9-18(8-16)13-26/h2-6,10,16-18H,7-9,11-14H2,1H3,(H2,28,29,33,34). The lowest BCUT2D eigenvalue weighted by atomic mass is 9.49. The molecule has 6 nitrogen and oxygen atoms in total. The molecule has 1 aromatic heterocycles. The summed E-state index contributed by atoms with van der Waals surface area (Å²) in [6.07, 6.45) is 8.28. The molecule has 34 heavy (non-hydrogen) atoms. The van der Waals surface area contributed by atoms with Gasteiger partial charge in [-0.1, -0.05) is 0 Å². The molecular formula is C26H28FN5OS. The van der Waals surface area contributed by atoms with Gasteiger partial charge in [0, 0.05) is 12.1 Å². The maximum absolute atomic E-state index is 13.2. The van der Waals surface area contributed by atoms with Crippen LogP contribution in [0.25, 0.3) is 16.7 Å². The summed E-state index contributed by atoms with van der Waals surface area (Å²) in [6, 6.07) is 9.82. The monoisotopic (exact) mass is 477 g/mol. The highest BCUT2D eigenvalue weighted by Gasteiger charge is 2.51. The zero-order valence-electron chi connectivity index (χ0n) is 19.2. The van der Waals surface area contributed by atoms with Crippen molar-refractivity contribution in [3.63, 3.8) is 0 Å². The summed E-state index contributed by atoms with van der Waals surface area (Å²) in [5.74, 6) is 2.17. The number of nitrogens with zero attached hydrogens (tertiary/aromatic N) is 3. The number of benzene rings is 2. The van der Waals surface area contributed by atoms with E-state index in [1.165, 1.54) is 55.5 Å². The van der Waals surface area contributed by atoms with E-state index in [-0.39, 0.29) is 17.1 Å². The highest BCUT2D eigenvalue weighted by molar-refractivity contribution is 7.80. The highest BCUT2D eigenvalue weighted by atomic mass is 32.1. The number of rotatable bonds is 4. The number of halogens is 1. The van der Waals surface area contributed by atoms with Crippen molar-refractivity contribution in [2.75, 3.05) is 5.32 Å². The van der Waals surface area contributed by atoms with Crippen LogP contribution in [0.4, 0.5) is 10.1 Å². The molecule has 4 bridgehead atoms. The van der Waals surface area contributed by atoms with Gasteiger partial charge in [0.1, 0.15) is 16.9 Å². The lowest BCUT2D eigenvalue weighted by molar-refractivity contribution is -0.127. The second kappa shape index (κ2) is 8.12. The minimum Gasteiger partial charge on any atom is -0.332 e. The summed E-state index contributed by atoms with van der Waals surface area (Å²) < 4.78 is 13.2. The molecule has 2 aromatic carbocycles. The Bertz CT molecular complexity index is 1250. The van der Waals surface area contributed by atoms with Gasteiger partial charge in [-0.25, -0.2) is 4.39 Å². The summed E-state index contributed by atoms with van der Waals surface area (Å²) in [5.41, 5.74) is 3.99. The third kappa shape index (κ3) is 4.08. The molecule has 0 atom stereocenters. The van der Waals surface area contributed by atoms with E-state index in [1.807, 2.05) is 19.1 Å². The third-order valence-corrected chi connectivity index (χ3v) is 8.19. The predicted octanol–water partition coefficient (Wildman–Crippen LogP) is 5.29. The number of hydrogen-bond donors (Lipinski definition) is 2. The highest BCUT2D eigenvalue weighted by Crippen LogP contribution is 2.61. The Labute approximate surface area is 203 Å². The number of aryl methyl sites for hydroxylation is 1. The second-order valence-electron chi connectivity index (χ2n) is 10.7. The van der Waals surface area contributed by atoms with E-state index >= 15 is 0 Å². The van der Waals surface area contributed by atoms with Gasteiger partial charge in [0.15, 0.2) is 5.11 Å². The fraction of sp³-hybridized carbons (Fsp3) is 0.462. The largest absolute Gasteiger partial charge is 0.332 e. The van der Waals surface area contributed by atoms with Crippen LogP contribution >= 0.6 is 12.2 Å². The van der Waals surface area contributed by atoms with Crippen LogP contribution in [0.3, 0.4) is 0 Å². The van der Waals surface area contributed by atoms with E-state index < -0.39 is 0 Å². The van der Waals surface area contributed by atoms with Gasteiger partial charge in [0.05, 0.1) is 5.69 Å². The van der Waals surface area contributed by atoms with Crippen LogP contribution in [0, 0.1) is 35.9 Å². The van der Waals surface area contributed by atoms with Crippen molar-refractivity contribution in [1.29, 1.82) is 0 Å². The van der Waals surface area contributed by atoms with Gasteiger partial charge in [0.2, 0.25) is 5.91 Å². The molecule has 1 heterocycles. The molecule has 4 saturated carbocycles. The number of nitrogens with one attached hydrogen (secondary N) is 2. The summed E-state index contributed by atoms with van der Waals surface area (Å²) in [4.78, 5) is 14.4. The predicted molar refractivity (Wildman–Crippen MR) is 133 cm³/mol. The number of carbonyl (C=O) groups excluding carboxylic acids is 1. The van der Waals surface area contributed by atoms with Gasteiger partial charge in [-0.15, -0.1) is 10.2 Å². The first-order chi connectivity index (χ1) is 16.3. The van der Waals surface area contributed by atoms with E-state index in [0.29, 0.717) is 22.7 Å². The first-order valence-electron chi connectivity index (χ1n) is 12.1. The van der Waals surface area contributed by atoms with Gasteiger partial charge in [-0.05, 0) is 123 Å². The number of aromatic nitrogens is 3. The first kappa shape index (κ1) is 21.6. The number of anilines is 1. The van der Waals surface area contributed by atoms with E-state index in [0.717, 1.165) is 34.5 Å². The number of fused-ring (bicyclic) bond motifs is 1. The van der Waals surface area contributed by atoms with Gasteiger partial charge >= 0.3 is 0 Å². The molecule has 0 saturated heterocycles. The molecule has 176 valence electrons. The van der Waals surface area contributed by atoms with E-state index in [4.69, 9.17) is 12.2 Å². The van der Waals surface area contributed by atoms with Crippen molar-refractivity contribution in [2.24, 2.45) is 23.2 Å². The smallest absolute Gasteiger partial charge is 0.226 e. The van der Waals surface area contributed by atoms with Crippen molar-refractivity contribution in [3.8, 4) is 5.69 Å². The molecule has 4 aliphatic rings. The van der Waals surface area contributed by atoms with Crippen molar-refractivity contribution >= 4 is 40.0 Å². The maximum atomic E-state index is 13.2. The molecule has 4 fully saturated rings. The van der Waals surface area contributed by atoms with Gasteiger partial charge in [0.25, 0.3) is 0 Å². The summed E-state index contributed by atoms with van der Waals surface area (Å²) in [7, 11) is 0. The topological polar surface area (TPSA) is 71.8 Å². The fourth-order valence-corrected chi connectivity index (χ4v) is 7.29. The van der Waals surface area contributed by atoms with Gasteiger partial charge in [-0.2, -0.15) is 4.80 Å². The Morgan fingerprint density at radius 3 is 2.26 bits per heavy atom. The summed E-state index contributed by atoms with van der Waals surface area (Å²) in [5, 5.41) is 15.4. The second-order valence-corrected chi connectivity index (χ2v) is 11.1. The van der Waals surface area contributed by atoms with Crippen molar-refractivity contribution in [1.82, 2.24) is 20.3 Å². The SMILES string of the molecule is Cc1cc2nn(-c3ccc(F)cc3)nc2cc1NC(=S)NC(=O)CC12CC3CC(CC(C3)C1)C2. The zero-order chi connectivity index (χ0) is 23.4. The Kier molecular flexibility index (Phi) is 5.17. The fourth-order valence-electron chi connectivity index (χ4n) is 7.06. The van der Waals surface area contributed by atoms with E-state index in [2.05, 4.69) is 20.8 Å². The van der Waals surface area contributed by atoms with Crippen LogP contribution in [0.5, 0.6) is 0 Å². The lowest BCUT2D eigenvalue weighted by Gasteiger charge is -2.56. The lowest BCUT2D eigenvalue weighted by Crippen LogP contribution is -2.48. The average molecular weight is 478 g/mol. The molecule has 8 heteroatoms. The van der Waals surface area contributed by atoms with Crippen LogP contribution in [0.2, 0.25) is 0 Å². The van der Waals surface area contributed by atoms with Crippen LogP contribution in [-0.2, 0) is 4.79 Å². The zero-order valence-corrected chi connectivity index (χ0v) is 20.0. The van der Waals surface area contributed by atoms with Gasteiger partial charge in [-0.3, -0.25) is 4.79 Å². The molecule has 0 spiro atoms. The quantitative estimate of drug-likeness (QED) is 0.500. The van der Waals surface area contributed by atoms with Crippen LogP contribution in [0.15, 0.2) is 36.4 Å². The Morgan fingerprint density at radius 2 is 1.65 bits per heavy atom. The number of amides is 1. The number of carbonyl (C=O) groups is 1. The first-order valence-corrected chi connectivity index (χ1v) is 12.5. The van der Waals surface area contributed by atoms with Crippen molar-refractivity contribution in [2.45, 2.75) is 51.9 Å². The Morgan fingerprint density at radius 1 is 1.06 bits per heavy atom. The molecule has 0 aliphatic heterocycles. The van der Waals surface area contributed by atoms with Crippen molar-refractivity contribution in [3.05, 3.63) is 47.8 Å². The molecule has 7 rings (SSSR count). The van der Waals surface area contributed by atoms with Crippen LogP contribution < -0.4 is 10.6 Å². The Balaban J connectivity index is 1.13. The summed E-state index contributed by atoms with van der Waals surface area (Å²) in [6.45, 7) is 1.96. The Hall–Kier alpha value is -2.87. The summed E-state index contributed by atoms with van der Waals surface area (Å²) >= 11 is 5.48. The van der Waals surface area contributed by atoms with E-state index in [9.17, 15) is 9.18 Å². The molecule has 0 radical (unpaired) electrons. The number of thiocarbonyl (C=S) groups is 1. The maximum Gasteiger partial charge on any atom is 0.226 e. The average Bonchev–Trinajstić information content (AvgIpc) is 3.15. The van der Waals surface area contributed by atoms with E-state index in [1.54, 1.807) is 12.1 Å². The molecule has 4 aliphatic carbocycles. The molecular weight excluding hydrogens is 449 g/mol. The number of hydrogen-bond acceptors (Lipinski definition) is 4. The molecule has 3 aromatic rings. The van der Waals surface area contributed by atoms with Gasteiger partial charge < -0.3 is 10.6 Å². The minimum absolute atomic E-state index is 0.0143. The molecule has 1 amide bonds. The van der Waals surface area contributed by atoms with Crippen LogP contribution in [0.1, 0.15) is 50.5 Å². The van der Waals surface area contributed by atoms with Crippen molar-refractivity contribution < 1.29 is 9.18 Å². The molecule has 0 unspecified atom stereocenters. The third-order valence-electron chi connectivity index (χ3n) is 7.99. The minimum atomic E-state index is -0.304. The molecule has 2 N–H and O–H groups in total. The normalized spacial score (nSPS) is 27.2.